The van der Waals surface area contributed by atoms with Crippen molar-refractivity contribution in [2.75, 3.05) is 41.3 Å². The molecule has 0 aliphatic carbocycles. The van der Waals surface area contributed by atoms with E-state index in [0.717, 1.165) is 8.97 Å². The van der Waals surface area contributed by atoms with Crippen LogP contribution in [0.4, 0.5) is 11.4 Å². The molecule has 2 heteroatoms. The number of nitrogens with zero attached hydrogens (tertiary/aromatic N) is 2. The number of fused-ring (bicyclic) bond motifs is 1. The molecule has 2 rings (SSSR count). The van der Waals surface area contributed by atoms with Gasteiger partial charge in [-0.1, -0.05) is 206 Å². The summed E-state index contributed by atoms with van der Waals surface area (Å²) >= 11 is 0. The van der Waals surface area contributed by atoms with E-state index in [1.165, 1.54) is 241 Å². The van der Waals surface area contributed by atoms with E-state index in [0.29, 0.717) is 0 Å². The maximum Gasteiger partial charge on any atom is 0.140 e. The van der Waals surface area contributed by atoms with Gasteiger partial charge in [-0.2, -0.15) is 0 Å². The van der Waals surface area contributed by atoms with Gasteiger partial charge >= 0.3 is 0 Å². The van der Waals surface area contributed by atoms with Crippen LogP contribution in [0.5, 0.6) is 0 Å². The Morgan fingerprint density at radius 1 is 0.288 bits per heavy atom. The Kier molecular flexibility index (Phi) is 26.9. The van der Waals surface area contributed by atoms with Gasteiger partial charge in [0.1, 0.15) is 11.4 Å². The van der Waals surface area contributed by atoms with Crippen molar-refractivity contribution in [1.82, 2.24) is 8.97 Å². The van der Waals surface area contributed by atoms with E-state index >= 15 is 0 Å². The fourth-order valence-electron chi connectivity index (χ4n) is 8.68. The van der Waals surface area contributed by atoms with Gasteiger partial charge in [0.05, 0.1) is 41.3 Å². The number of quaternary nitrogens is 2. The molecule has 0 heterocycles. The molecular weight excluding hydrogens is 629 g/mol. The first kappa shape index (κ1) is 46.8. The Balaban J connectivity index is 1.62. The van der Waals surface area contributed by atoms with Crippen LogP contribution in [0.3, 0.4) is 0 Å². The van der Waals surface area contributed by atoms with E-state index in [2.05, 4.69) is 78.4 Å². The van der Waals surface area contributed by atoms with Crippen LogP contribution in [-0.4, -0.2) is 41.3 Å². The molecule has 0 amide bonds. The molecule has 52 heavy (non-hydrogen) atoms. The molecule has 0 saturated carbocycles. The predicted molar refractivity (Wildman–Crippen MR) is 240 cm³/mol. The quantitative estimate of drug-likeness (QED) is 0.0486. The highest BCUT2D eigenvalue weighted by molar-refractivity contribution is 6.00. The van der Waals surface area contributed by atoms with Crippen molar-refractivity contribution in [2.45, 2.75) is 219 Å². The second-order valence-electron chi connectivity index (χ2n) is 18.1. The maximum absolute atomic E-state index is 2.43. The molecule has 0 radical (unpaired) electrons. The molecular formula is C50H92N2+2. The molecule has 0 saturated heterocycles. The van der Waals surface area contributed by atoms with Crippen LogP contribution >= 0.6 is 0 Å². The van der Waals surface area contributed by atoms with Gasteiger partial charge in [0.25, 0.3) is 0 Å². The monoisotopic (exact) mass is 721 g/mol. The Morgan fingerprint density at radius 3 is 0.731 bits per heavy atom. The van der Waals surface area contributed by atoms with E-state index in [4.69, 9.17) is 0 Å². The minimum atomic E-state index is 0.978. The molecule has 0 spiro atoms. The summed E-state index contributed by atoms with van der Waals surface area (Å²) in [5.41, 5.74) is 2.98. The number of benzene rings is 2. The zero-order valence-electron chi connectivity index (χ0n) is 36.4. The largest absolute Gasteiger partial charge is 0.295 e. The minimum absolute atomic E-state index is 0.978. The van der Waals surface area contributed by atoms with E-state index < -0.39 is 0 Å². The number of unbranched alkanes of at least 4 members (excludes halogenated alkanes) is 30. The molecule has 0 N–H and O–H groups in total. The molecule has 2 aromatic rings. The lowest BCUT2D eigenvalue weighted by Crippen LogP contribution is -2.42. The van der Waals surface area contributed by atoms with Crippen LogP contribution in [0.15, 0.2) is 36.4 Å². The van der Waals surface area contributed by atoms with E-state index in [1.54, 1.807) is 0 Å². The van der Waals surface area contributed by atoms with Gasteiger partial charge in [-0.05, 0) is 49.9 Å². The predicted octanol–water partition coefficient (Wildman–Crippen LogP) is 16.5. The maximum atomic E-state index is 2.43. The van der Waals surface area contributed by atoms with Crippen LogP contribution in [0.2, 0.25) is 0 Å². The third-order valence-electron chi connectivity index (χ3n) is 12.3. The van der Waals surface area contributed by atoms with Crippen molar-refractivity contribution in [2.24, 2.45) is 0 Å². The molecule has 0 unspecified atom stereocenters. The first-order chi connectivity index (χ1) is 25.3. The second-order valence-corrected chi connectivity index (χ2v) is 18.1. The number of rotatable bonds is 36. The molecule has 0 aliphatic heterocycles. The van der Waals surface area contributed by atoms with Crippen LogP contribution in [0.25, 0.3) is 10.8 Å². The van der Waals surface area contributed by atoms with Crippen molar-refractivity contribution >= 4 is 22.1 Å². The van der Waals surface area contributed by atoms with E-state index in [-0.39, 0.29) is 0 Å². The van der Waals surface area contributed by atoms with Crippen molar-refractivity contribution in [1.29, 1.82) is 0 Å². The summed E-state index contributed by atoms with van der Waals surface area (Å²) in [6, 6.07) is 14.2. The summed E-state index contributed by atoms with van der Waals surface area (Å²) in [4.78, 5) is 0. The van der Waals surface area contributed by atoms with Gasteiger partial charge in [-0.3, -0.25) is 8.97 Å². The molecule has 2 aromatic carbocycles. The topological polar surface area (TPSA) is 0 Å². The lowest BCUT2D eigenvalue weighted by atomic mass is 10.0. The van der Waals surface area contributed by atoms with Gasteiger partial charge in [-0.25, -0.2) is 0 Å². The van der Waals surface area contributed by atoms with Gasteiger partial charge in [0, 0.05) is 10.8 Å². The number of hydrogen-bond donors (Lipinski definition) is 0. The van der Waals surface area contributed by atoms with Crippen LogP contribution in [0.1, 0.15) is 219 Å². The average Bonchev–Trinajstić information content (AvgIpc) is 3.13. The van der Waals surface area contributed by atoms with Crippen LogP contribution < -0.4 is 8.97 Å². The summed E-state index contributed by atoms with van der Waals surface area (Å²) in [5.74, 6) is 0. The molecule has 0 atom stereocenters. The standard InChI is InChI=1S/C50H92N2/c1-7-9-11-13-15-17-19-21-23-25-27-29-31-33-35-37-45-51(3,4)49-43-39-42-48-47(49)41-40-44-50(48)52(5,6)46-38-36-34-32-30-28-26-24-22-20-18-16-14-12-10-8-2/h39-44H,7-38,45-46H2,1-6H3/q+2. The number of hydrogen-bond acceptors (Lipinski definition) is 0. The Bertz CT molecular complexity index is 1010. The zero-order valence-corrected chi connectivity index (χ0v) is 36.4. The summed E-state index contributed by atoms with van der Waals surface area (Å²) in [6.45, 7) is 7.06. The van der Waals surface area contributed by atoms with Crippen molar-refractivity contribution in [3.63, 3.8) is 0 Å². The molecule has 2 nitrogen and oxygen atoms in total. The van der Waals surface area contributed by atoms with Crippen molar-refractivity contribution in [3.8, 4) is 0 Å². The third-order valence-corrected chi connectivity index (χ3v) is 12.3. The summed E-state index contributed by atoms with van der Waals surface area (Å²) in [6.07, 6.45) is 45.8. The van der Waals surface area contributed by atoms with Crippen molar-refractivity contribution < 1.29 is 0 Å². The Morgan fingerprint density at radius 2 is 0.500 bits per heavy atom. The van der Waals surface area contributed by atoms with Crippen molar-refractivity contribution in [3.05, 3.63) is 36.4 Å². The molecule has 0 aliphatic rings. The average molecular weight is 721 g/mol. The normalized spacial score (nSPS) is 12.3. The SMILES string of the molecule is CCCCCCCCCCCCCCCCCC[N+](C)(C)c1cccc2c([N+](C)(C)CCCCCCCCCCCCCCCCCC)cccc12. The first-order valence-electron chi connectivity index (χ1n) is 23.5. The first-order valence-corrected chi connectivity index (χ1v) is 23.5. The highest BCUT2D eigenvalue weighted by Crippen LogP contribution is 2.37. The lowest BCUT2D eigenvalue weighted by molar-refractivity contribution is 0.381. The lowest BCUT2D eigenvalue weighted by Gasteiger charge is -2.33. The summed E-state index contributed by atoms with van der Waals surface area (Å²) in [7, 11) is 9.73. The zero-order chi connectivity index (χ0) is 37.6. The van der Waals surface area contributed by atoms with Gasteiger partial charge < -0.3 is 0 Å². The van der Waals surface area contributed by atoms with E-state index in [9.17, 15) is 0 Å². The molecule has 0 aromatic heterocycles. The molecule has 300 valence electrons. The molecule has 0 fully saturated rings. The van der Waals surface area contributed by atoms with E-state index in [1.807, 2.05) is 0 Å². The van der Waals surface area contributed by atoms with Crippen LogP contribution in [0, 0.1) is 0 Å². The van der Waals surface area contributed by atoms with Gasteiger partial charge in [0.15, 0.2) is 0 Å². The summed E-state index contributed by atoms with van der Waals surface area (Å²) < 4.78 is 1.96. The van der Waals surface area contributed by atoms with Gasteiger partial charge in [-0.15, -0.1) is 0 Å². The second kappa shape index (κ2) is 29.9. The highest BCUT2D eigenvalue weighted by Gasteiger charge is 2.26. The fraction of sp³-hybridized carbons (Fsp3) is 0.800. The Labute approximate surface area is 327 Å². The van der Waals surface area contributed by atoms with Crippen LogP contribution in [-0.2, 0) is 0 Å². The Hall–Kier alpha value is -1.38. The highest BCUT2D eigenvalue weighted by atomic mass is 15.3. The third kappa shape index (κ3) is 20.9. The van der Waals surface area contributed by atoms with Gasteiger partial charge in [0.2, 0.25) is 0 Å². The smallest absolute Gasteiger partial charge is 0.140 e. The minimum Gasteiger partial charge on any atom is -0.295 e. The molecule has 0 bridgehead atoms. The summed E-state index contributed by atoms with van der Waals surface area (Å²) in [5, 5.41) is 2.92. The fourth-order valence-corrected chi connectivity index (χ4v) is 8.68.